The Bertz CT molecular complexity index is 1530. The Labute approximate surface area is 222 Å². The second kappa shape index (κ2) is 9.29. The van der Waals surface area contributed by atoms with E-state index in [1.165, 1.54) is 6.33 Å². The molecule has 192 valence electrons. The fraction of sp³-hybridized carbons (Fsp3) is 0.346. The Balaban J connectivity index is 1.54. The van der Waals surface area contributed by atoms with Crippen LogP contribution in [0.5, 0.6) is 5.75 Å². The first-order valence-electron chi connectivity index (χ1n) is 11.9. The number of rotatable bonds is 5. The quantitative estimate of drug-likeness (QED) is 0.350. The monoisotopic (exact) mass is 565 g/mol. The number of halogens is 1. The molecule has 4 heterocycles. The summed E-state index contributed by atoms with van der Waals surface area (Å²) >= 11 is 3.33. The molecular weight excluding hydrogens is 538 g/mol. The molecule has 0 saturated carbocycles. The van der Waals surface area contributed by atoms with E-state index in [0.717, 1.165) is 5.39 Å². The maximum atomic E-state index is 14.0. The van der Waals surface area contributed by atoms with Crippen LogP contribution in [0.25, 0.3) is 21.9 Å². The second-order valence-corrected chi connectivity index (χ2v) is 10.7. The molecule has 1 saturated heterocycles. The molecule has 10 nitrogen and oxygen atoms in total. The molecule has 2 amide bonds. The minimum Gasteiger partial charge on any atom is -0.495 e. The van der Waals surface area contributed by atoms with Crippen molar-refractivity contribution >= 4 is 61.3 Å². The SMILES string of the molecule is COc1cccc2c3c(N)ncnc3n(CC(=O)N3[C@H](C(=O)Nc4cccc(Br)n4)CC(C)(C)[C@H]3C)c12. The number of nitrogens with two attached hydrogens (primary N) is 1. The number of ether oxygens (including phenoxy) is 1. The average molecular weight is 566 g/mol. The summed E-state index contributed by atoms with van der Waals surface area (Å²) in [4.78, 5) is 42.0. The number of para-hydroxylation sites is 1. The number of carbonyl (C=O) groups excluding carboxylic acids is 2. The second-order valence-electron chi connectivity index (χ2n) is 9.92. The molecule has 3 N–H and O–H groups in total. The van der Waals surface area contributed by atoms with Crippen molar-refractivity contribution in [2.45, 2.75) is 45.8 Å². The van der Waals surface area contributed by atoms with E-state index in [2.05, 4.69) is 50.0 Å². The summed E-state index contributed by atoms with van der Waals surface area (Å²) in [7, 11) is 1.58. The largest absolute Gasteiger partial charge is 0.495 e. The van der Waals surface area contributed by atoms with Gasteiger partial charge in [-0.15, -0.1) is 0 Å². The number of benzene rings is 1. The highest BCUT2D eigenvalue weighted by Gasteiger charge is 2.49. The van der Waals surface area contributed by atoms with Crippen LogP contribution in [0.4, 0.5) is 11.6 Å². The van der Waals surface area contributed by atoms with Gasteiger partial charge in [-0.1, -0.05) is 32.0 Å². The topological polar surface area (TPSA) is 128 Å². The molecule has 0 spiro atoms. The van der Waals surface area contributed by atoms with Crippen molar-refractivity contribution in [2.75, 3.05) is 18.2 Å². The van der Waals surface area contributed by atoms with Gasteiger partial charge in [-0.05, 0) is 52.9 Å². The van der Waals surface area contributed by atoms with Gasteiger partial charge >= 0.3 is 0 Å². The van der Waals surface area contributed by atoms with Crippen LogP contribution in [-0.4, -0.2) is 55.4 Å². The maximum absolute atomic E-state index is 14.0. The zero-order valence-corrected chi connectivity index (χ0v) is 22.6. The predicted octanol–water partition coefficient (Wildman–Crippen LogP) is 3.99. The highest BCUT2D eigenvalue weighted by Crippen LogP contribution is 2.41. The van der Waals surface area contributed by atoms with Crippen molar-refractivity contribution < 1.29 is 14.3 Å². The van der Waals surface area contributed by atoms with Crippen molar-refractivity contribution in [3.63, 3.8) is 0 Å². The lowest BCUT2D eigenvalue weighted by molar-refractivity contribution is -0.139. The summed E-state index contributed by atoms with van der Waals surface area (Å²) in [5, 5.41) is 4.33. The van der Waals surface area contributed by atoms with Crippen molar-refractivity contribution in [2.24, 2.45) is 5.41 Å². The van der Waals surface area contributed by atoms with E-state index in [9.17, 15) is 9.59 Å². The molecule has 4 aromatic rings. The van der Waals surface area contributed by atoms with Crippen LogP contribution in [-0.2, 0) is 16.1 Å². The third kappa shape index (κ3) is 4.26. The third-order valence-electron chi connectivity index (χ3n) is 7.32. The fourth-order valence-corrected chi connectivity index (χ4v) is 5.55. The Kier molecular flexibility index (Phi) is 6.26. The van der Waals surface area contributed by atoms with Crippen LogP contribution in [0.15, 0.2) is 47.3 Å². The normalized spacial score (nSPS) is 18.9. The van der Waals surface area contributed by atoms with Crippen molar-refractivity contribution in [3.8, 4) is 5.75 Å². The molecule has 0 unspecified atom stereocenters. The molecule has 11 heteroatoms. The van der Waals surface area contributed by atoms with Gasteiger partial charge in [0.2, 0.25) is 11.8 Å². The van der Waals surface area contributed by atoms with Crippen LogP contribution in [0, 0.1) is 5.41 Å². The predicted molar refractivity (Wildman–Crippen MR) is 145 cm³/mol. The van der Waals surface area contributed by atoms with Gasteiger partial charge in [-0.2, -0.15) is 0 Å². The number of nitrogen functional groups attached to an aromatic ring is 1. The van der Waals surface area contributed by atoms with Crippen LogP contribution in [0.2, 0.25) is 0 Å². The molecule has 1 aliphatic rings. The highest BCUT2D eigenvalue weighted by atomic mass is 79.9. The summed E-state index contributed by atoms with van der Waals surface area (Å²) in [6.07, 6.45) is 1.90. The first-order chi connectivity index (χ1) is 17.6. The van der Waals surface area contributed by atoms with Gasteiger partial charge in [-0.25, -0.2) is 15.0 Å². The molecule has 0 radical (unpaired) electrons. The number of hydrogen-bond acceptors (Lipinski definition) is 7. The van der Waals surface area contributed by atoms with Gasteiger partial charge in [0, 0.05) is 11.4 Å². The Morgan fingerprint density at radius 1 is 1.22 bits per heavy atom. The van der Waals surface area contributed by atoms with E-state index >= 15 is 0 Å². The first-order valence-corrected chi connectivity index (χ1v) is 12.7. The highest BCUT2D eigenvalue weighted by molar-refractivity contribution is 9.10. The third-order valence-corrected chi connectivity index (χ3v) is 7.77. The Morgan fingerprint density at radius 3 is 2.70 bits per heavy atom. The Morgan fingerprint density at radius 2 is 1.97 bits per heavy atom. The molecule has 2 atom stereocenters. The number of amides is 2. The number of pyridine rings is 1. The molecule has 1 aliphatic heterocycles. The summed E-state index contributed by atoms with van der Waals surface area (Å²) < 4.78 is 8.03. The van der Waals surface area contributed by atoms with Gasteiger partial charge in [0.05, 0.1) is 18.0 Å². The molecule has 5 rings (SSSR count). The van der Waals surface area contributed by atoms with Crippen LogP contribution in [0.3, 0.4) is 0 Å². The number of anilines is 2. The summed E-state index contributed by atoms with van der Waals surface area (Å²) in [6.45, 7) is 6.07. The lowest BCUT2D eigenvalue weighted by Gasteiger charge is -2.31. The Hall–Kier alpha value is -3.73. The average Bonchev–Trinajstić information content (AvgIpc) is 3.30. The van der Waals surface area contributed by atoms with Crippen molar-refractivity contribution in [3.05, 3.63) is 47.3 Å². The van der Waals surface area contributed by atoms with E-state index in [4.69, 9.17) is 10.5 Å². The van der Waals surface area contributed by atoms with Crippen LogP contribution in [0.1, 0.15) is 27.2 Å². The number of hydrogen-bond donors (Lipinski definition) is 2. The molecule has 0 bridgehead atoms. The molecule has 1 fully saturated rings. The van der Waals surface area contributed by atoms with Gasteiger partial charge in [0.15, 0.2) is 0 Å². The van der Waals surface area contributed by atoms with Crippen molar-refractivity contribution in [1.29, 1.82) is 0 Å². The molecule has 1 aromatic carbocycles. The van der Waals surface area contributed by atoms with E-state index in [0.29, 0.717) is 45.0 Å². The van der Waals surface area contributed by atoms with Gasteiger partial charge in [-0.3, -0.25) is 9.59 Å². The van der Waals surface area contributed by atoms with E-state index in [-0.39, 0.29) is 29.8 Å². The minimum absolute atomic E-state index is 0.0455. The number of fused-ring (bicyclic) bond motifs is 3. The summed E-state index contributed by atoms with van der Waals surface area (Å²) in [5.74, 6) is 0.852. The van der Waals surface area contributed by atoms with E-state index < -0.39 is 6.04 Å². The van der Waals surface area contributed by atoms with E-state index in [1.807, 2.05) is 25.1 Å². The fourth-order valence-electron chi connectivity index (χ4n) is 5.21. The number of nitrogens with zero attached hydrogens (tertiary/aromatic N) is 5. The van der Waals surface area contributed by atoms with Gasteiger partial charge in [0.1, 0.15) is 46.5 Å². The summed E-state index contributed by atoms with van der Waals surface area (Å²) in [5.41, 5.74) is 7.18. The lowest BCUT2D eigenvalue weighted by Crippen LogP contribution is -2.48. The first kappa shape index (κ1) is 24.9. The summed E-state index contributed by atoms with van der Waals surface area (Å²) in [6, 6.07) is 10.0. The number of methoxy groups -OCH3 is 1. The van der Waals surface area contributed by atoms with Gasteiger partial charge < -0.3 is 25.3 Å². The number of aromatic nitrogens is 4. The van der Waals surface area contributed by atoms with Crippen LogP contribution >= 0.6 is 15.9 Å². The molecule has 0 aliphatic carbocycles. The maximum Gasteiger partial charge on any atom is 0.248 e. The zero-order valence-electron chi connectivity index (χ0n) is 21.0. The zero-order chi connectivity index (χ0) is 26.5. The molecular formula is C26H28BrN7O3. The number of likely N-dealkylation sites (tertiary alicyclic amines) is 1. The smallest absolute Gasteiger partial charge is 0.248 e. The lowest BCUT2D eigenvalue weighted by atomic mass is 9.84. The standard InChI is InChI=1S/C26H28BrN7O3/c1-14-26(2,3)11-16(25(36)32-19-10-6-9-18(27)31-19)34(14)20(35)12-33-22-15(7-5-8-17(22)37-4)21-23(28)29-13-30-24(21)33/h5-10,13-14,16H,11-12H2,1-4H3,(H2,28,29,30)(H,31,32,36)/t14-,16+/m1/s1. The van der Waals surface area contributed by atoms with Crippen molar-refractivity contribution in [1.82, 2.24) is 24.4 Å². The van der Waals surface area contributed by atoms with Gasteiger partial charge in [0.25, 0.3) is 0 Å². The molecule has 37 heavy (non-hydrogen) atoms. The van der Waals surface area contributed by atoms with Crippen LogP contribution < -0.4 is 15.8 Å². The number of nitrogens with one attached hydrogen (secondary N) is 1. The molecule has 3 aromatic heterocycles. The number of carbonyl (C=O) groups is 2. The van der Waals surface area contributed by atoms with E-state index in [1.54, 1.807) is 34.8 Å². The minimum atomic E-state index is -0.659.